The molecule has 1 aliphatic heterocycles. The molecule has 2 heterocycles. The van der Waals surface area contributed by atoms with Gasteiger partial charge in [-0.25, -0.2) is 9.98 Å². The van der Waals surface area contributed by atoms with Crippen LogP contribution in [0.3, 0.4) is 0 Å². The minimum atomic E-state index is -0.185. The number of nitrogens with two attached hydrogens (primary N) is 1. The van der Waals surface area contributed by atoms with Crippen LogP contribution >= 0.6 is 24.0 Å². The number of hydrogen-bond donors (Lipinski definition) is 3. The second-order valence-electron chi connectivity index (χ2n) is 8.92. The fraction of sp³-hybridized carbons (Fsp3) is 0.708. The number of primary amides is 1. The van der Waals surface area contributed by atoms with Crippen LogP contribution in [0.1, 0.15) is 70.3 Å². The largest absolute Gasteiger partial charge is 0.369 e. The summed E-state index contributed by atoms with van der Waals surface area (Å²) in [7, 11) is 0. The van der Waals surface area contributed by atoms with Gasteiger partial charge in [0.1, 0.15) is 5.82 Å². The first-order valence-electron chi connectivity index (χ1n) is 12.2. The van der Waals surface area contributed by atoms with E-state index in [1.807, 2.05) is 12.3 Å². The number of amides is 1. The van der Waals surface area contributed by atoms with E-state index in [1.165, 1.54) is 44.9 Å². The Morgan fingerprint density at radius 3 is 2.62 bits per heavy atom. The third-order valence-electron chi connectivity index (χ3n) is 6.62. The molecule has 0 atom stereocenters. The van der Waals surface area contributed by atoms with Crippen LogP contribution in [0.4, 0.5) is 5.82 Å². The lowest BCUT2D eigenvalue weighted by atomic mass is 9.86. The number of nitrogens with one attached hydrogen (secondary N) is 2. The lowest BCUT2D eigenvalue weighted by Crippen LogP contribution is -2.39. The summed E-state index contributed by atoms with van der Waals surface area (Å²) in [5, 5.41) is 6.86. The van der Waals surface area contributed by atoms with Crippen molar-refractivity contribution in [3.8, 4) is 0 Å². The Bertz CT molecular complexity index is 714. The average Bonchev–Trinajstić information content (AvgIpc) is 2.81. The highest BCUT2D eigenvalue weighted by Gasteiger charge is 2.24. The van der Waals surface area contributed by atoms with Crippen LogP contribution in [0.25, 0.3) is 0 Å². The number of rotatable bonds is 9. The molecule has 0 spiro atoms. The molecule has 180 valence electrons. The van der Waals surface area contributed by atoms with Crippen LogP contribution in [0, 0.1) is 11.8 Å². The molecule has 1 aromatic rings. The molecule has 8 heteroatoms. The predicted molar refractivity (Wildman–Crippen MR) is 142 cm³/mol. The third kappa shape index (κ3) is 8.41. The Kier molecular flexibility index (Phi) is 12.1. The van der Waals surface area contributed by atoms with Crippen molar-refractivity contribution in [2.45, 2.75) is 71.3 Å². The summed E-state index contributed by atoms with van der Waals surface area (Å²) in [6.45, 7) is 6.09. The average molecular weight is 557 g/mol. The molecule has 1 aliphatic carbocycles. The van der Waals surface area contributed by atoms with Crippen molar-refractivity contribution < 1.29 is 4.79 Å². The van der Waals surface area contributed by atoms with Gasteiger partial charge in [-0.05, 0) is 44.6 Å². The Hall–Kier alpha value is -1.58. The summed E-state index contributed by atoms with van der Waals surface area (Å²) < 4.78 is 0. The van der Waals surface area contributed by atoms with E-state index in [2.05, 4.69) is 33.5 Å². The maximum atomic E-state index is 11.5. The Morgan fingerprint density at radius 1 is 1.19 bits per heavy atom. The van der Waals surface area contributed by atoms with E-state index in [1.54, 1.807) is 0 Å². The molecule has 1 amide bonds. The molecule has 7 nitrogen and oxygen atoms in total. The number of guanidine groups is 1. The van der Waals surface area contributed by atoms with Crippen LogP contribution in [-0.4, -0.2) is 43.0 Å². The predicted octanol–water partition coefficient (Wildman–Crippen LogP) is 3.82. The lowest BCUT2D eigenvalue weighted by Gasteiger charge is -2.32. The van der Waals surface area contributed by atoms with Crippen LogP contribution in [-0.2, 0) is 11.3 Å². The molecule has 2 aliphatic rings. The number of pyridine rings is 1. The molecule has 0 radical (unpaired) electrons. The highest BCUT2D eigenvalue weighted by Crippen LogP contribution is 2.27. The Labute approximate surface area is 210 Å². The third-order valence-corrected chi connectivity index (χ3v) is 6.62. The van der Waals surface area contributed by atoms with E-state index in [9.17, 15) is 4.79 Å². The van der Waals surface area contributed by atoms with Crippen LogP contribution in [0.2, 0.25) is 0 Å². The molecule has 0 unspecified atom stereocenters. The number of carbonyl (C=O) groups is 1. The van der Waals surface area contributed by atoms with Crippen molar-refractivity contribution in [2.75, 3.05) is 31.1 Å². The van der Waals surface area contributed by atoms with E-state index >= 15 is 0 Å². The van der Waals surface area contributed by atoms with Gasteiger partial charge in [-0.3, -0.25) is 4.79 Å². The maximum absolute atomic E-state index is 11.5. The van der Waals surface area contributed by atoms with Crippen LogP contribution in [0.15, 0.2) is 23.3 Å². The molecule has 3 rings (SSSR count). The minimum Gasteiger partial charge on any atom is -0.369 e. The Balaban J connectivity index is 0.00000363. The summed E-state index contributed by atoms with van der Waals surface area (Å²) in [6.07, 6.45) is 13.0. The van der Waals surface area contributed by atoms with Gasteiger partial charge < -0.3 is 21.3 Å². The molecule has 1 aromatic heterocycles. The molecular weight excluding hydrogens is 515 g/mol. The van der Waals surface area contributed by atoms with Gasteiger partial charge in [0.25, 0.3) is 0 Å². The zero-order valence-electron chi connectivity index (χ0n) is 19.5. The number of halogens is 1. The van der Waals surface area contributed by atoms with E-state index in [0.717, 1.165) is 62.3 Å². The number of hydrogen-bond acceptors (Lipinski definition) is 4. The van der Waals surface area contributed by atoms with E-state index < -0.39 is 0 Å². The van der Waals surface area contributed by atoms with Crippen molar-refractivity contribution >= 4 is 41.7 Å². The number of anilines is 1. The number of piperidine rings is 1. The summed E-state index contributed by atoms with van der Waals surface area (Å²) >= 11 is 0. The monoisotopic (exact) mass is 556 g/mol. The number of aliphatic imine (C=N–C) groups is 1. The number of aromatic nitrogens is 1. The standard InChI is InChI=1S/C24H40N6O.HI/c1-2-26-24(28-15-6-10-19-8-4-3-5-9-19)29-18-21-11-7-14-27-23(21)30-16-12-20(13-17-30)22(25)31;/h7,11,14,19-20H,2-6,8-10,12-13,15-18H2,1H3,(H2,25,31)(H2,26,28,29);1H. The molecular formula is C24H41IN6O. The molecule has 32 heavy (non-hydrogen) atoms. The quantitative estimate of drug-likeness (QED) is 0.186. The first-order valence-corrected chi connectivity index (χ1v) is 12.2. The first kappa shape index (κ1) is 26.7. The van der Waals surface area contributed by atoms with Gasteiger partial charge in [0, 0.05) is 43.9 Å². The second-order valence-corrected chi connectivity index (χ2v) is 8.92. The number of carbonyl (C=O) groups excluding carboxylic acids is 1. The van der Waals surface area contributed by atoms with Crippen molar-refractivity contribution in [1.82, 2.24) is 15.6 Å². The van der Waals surface area contributed by atoms with Crippen LogP contribution in [0.5, 0.6) is 0 Å². The Morgan fingerprint density at radius 2 is 1.94 bits per heavy atom. The van der Waals surface area contributed by atoms with Gasteiger partial charge in [-0.1, -0.05) is 38.2 Å². The molecule has 4 N–H and O–H groups in total. The highest BCUT2D eigenvalue weighted by atomic mass is 127. The highest BCUT2D eigenvalue weighted by molar-refractivity contribution is 14.0. The van der Waals surface area contributed by atoms with Crippen molar-refractivity contribution in [2.24, 2.45) is 22.6 Å². The number of nitrogens with zero attached hydrogens (tertiary/aromatic N) is 3. The smallest absolute Gasteiger partial charge is 0.220 e. The van der Waals surface area contributed by atoms with E-state index in [-0.39, 0.29) is 35.8 Å². The summed E-state index contributed by atoms with van der Waals surface area (Å²) in [4.78, 5) is 23.2. The van der Waals surface area contributed by atoms with E-state index in [0.29, 0.717) is 6.54 Å². The molecule has 0 aromatic carbocycles. The fourth-order valence-corrected chi connectivity index (χ4v) is 4.79. The first-order chi connectivity index (χ1) is 15.2. The molecule has 1 saturated heterocycles. The van der Waals surface area contributed by atoms with Gasteiger partial charge in [0.15, 0.2) is 5.96 Å². The molecule has 0 bridgehead atoms. The van der Waals surface area contributed by atoms with Gasteiger partial charge in [-0.15, -0.1) is 24.0 Å². The van der Waals surface area contributed by atoms with Crippen molar-refractivity contribution in [1.29, 1.82) is 0 Å². The van der Waals surface area contributed by atoms with Crippen LogP contribution < -0.4 is 21.3 Å². The maximum Gasteiger partial charge on any atom is 0.220 e. The second kappa shape index (κ2) is 14.5. The normalized spacial score (nSPS) is 18.2. The van der Waals surface area contributed by atoms with Gasteiger partial charge in [0.05, 0.1) is 6.54 Å². The summed E-state index contributed by atoms with van der Waals surface area (Å²) in [5.74, 6) is 2.57. The SMILES string of the molecule is CCNC(=NCc1cccnc1N1CCC(C(N)=O)CC1)NCCCC1CCCCC1.I. The minimum absolute atomic E-state index is 0. The summed E-state index contributed by atoms with van der Waals surface area (Å²) in [6, 6.07) is 4.06. The van der Waals surface area contributed by atoms with Gasteiger partial charge in [-0.2, -0.15) is 0 Å². The topological polar surface area (TPSA) is 95.6 Å². The fourth-order valence-electron chi connectivity index (χ4n) is 4.79. The molecule has 2 fully saturated rings. The zero-order valence-corrected chi connectivity index (χ0v) is 21.9. The summed E-state index contributed by atoms with van der Waals surface area (Å²) in [5.41, 5.74) is 6.59. The zero-order chi connectivity index (χ0) is 21.9. The van der Waals surface area contributed by atoms with Crippen molar-refractivity contribution in [3.63, 3.8) is 0 Å². The van der Waals surface area contributed by atoms with Gasteiger partial charge in [0.2, 0.25) is 5.91 Å². The molecule has 1 saturated carbocycles. The van der Waals surface area contributed by atoms with Gasteiger partial charge >= 0.3 is 0 Å². The van der Waals surface area contributed by atoms with Crippen molar-refractivity contribution in [3.05, 3.63) is 23.9 Å². The van der Waals surface area contributed by atoms with E-state index in [4.69, 9.17) is 10.7 Å². The lowest BCUT2D eigenvalue weighted by molar-refractivity contribution is -0.122.